The van der Waals surface area contributed by atoms with E-state index in [1.807, 2.05) is 0 Å². The first-order chi connectivity index (χ1) is 39.5. The van der Waals surface area contributed by atoms with Gasteiger partial charge in [-0.2, -0.15) is 0 Å². The van der Waals surface area contributed by atoms with Crippen LogP contribution in [0.4, 0.5) is 0 Å². The van der Waals surface area contributed by atoms with Gasteiger partial charge in [-0.3, -0.25) is 14.4 Å². The molecule has 0 aromatic carbocycles. The average molecular weight is 1120 g/mol. The summed E-state index contributed by atoms with van der Waals surface area (Å²) in [6.07, 6.45) is 87.2. The highest BCUT2D eigenvalue weighted by atomic mass is 16.6. The second-order valence-corrected chi connectivity index (χ2v) is 24.1. The molecule has 0 fully saturated rings. The summed E-state index contributed by atoms with van der Waals surface area (Å²) in [5.74, 6) is -0.862. The molecule has 1 atom stereocenters. The highest BCUT2D eigenvalue weighted by Gasteiger charge is 2.19. The van der Waals surface area contributed by atoms with Crippen molar-refractivity contribution in [1.29, 1.82) is 0 Å². The van der Waals surface area contributed by atoms with E-state index in [0.29, 0.717) is 19.3 Å². The van der Waals surface area contributed by atoms with E-state index in [0.717, 1.165) is 70.6 Å². The van der Waals surface area contributed by atoms with Crippen LogP contribution >= 0.6 is 0 Å². The number of carbonyl (C=O) groups is 3. The molecule has 80 heavy (non-hydrogen) atoms. The normalized spacial score (nSPS) is 12.3. The van der Waals surface area contributed by atoms with Gasteiger partial charge in [0.1, 0.15) is 13.2 Å². The van der Waals surface area contributed by atoms with E-state index in [1.165, 1.54) is 276 Å². The topological polar surface area (TPSA) is 78.9 Å². The number of esters is 3. The molecule has 0 spiro atoms. The van der Waals surface area contributed by atoms with Crippen molar-refractivity contribution in [2.24, 2.45) is 0 Å². The molecule has 0 aliphatic heterocycles. The summed E-state index contributed by atoms with van der Waals surface area (Å²) < 4.78 is 17.0. The van der Waals surface area contributed by atoms with Crippen LogP contribution in [0.15, 0.2) is 48.6 Å². The SMILES string of the molecule is CCCCCCC/C=C\C/C=C\CCCCCCCCCCCCCCCCCCCCCC(=O)OCC(COC(=O)CCCCCCC/C=C\CCCCCCC)OC(=O)CCCCCCCCC/C=C\CCCCCCCC. The van der Waals surface area contributed by atoms with Crippen molar-refractivity contribution in [2.45, 2.75) is 393 Å². The monoisotopic (exact) mass is 1120 g/mol. The minimum Gasteiger partial charge on any atom is -0.462 e. The molecule has 0 aromatic rings. The lowest BCUT2D eigenvalue weighted by Gasteiger charge is -2.18. The Morgan fingerprint density at radius 3 is 0.700 bits per heavy atom. The molecule has 0 bridgehead atoms. The Kier molecular flexibility index (Phi) is 66.6. The molecule has 1 unspecified atom stereocenters. The van der Waals surface area contributed by atoms with Gasteiger partial charge < -0.3 is 14.2 Å². The van der Waals surface area contributed by atoms with E-state index in [2.05, 4.69) is 69.4 Å². The first kappa shape index (κ1) is 77.4. The fourth-order valence-corrected chi connectivity index (χ4v) is 10.6. The maximum absolute atomic E-state index is 12.9. The lowest BCUT2D eigenvalue weighted by Crippen LogP contribution is -2.30. The number of rotatable bonds is 66. The quantitative estimate of drug-likeness (QED) is 0.0261. The molecule has 0 amide bonds. The van der Waals surface area contributed by atoms with E-state index in [9.17, 15) is 14.4 Å². The zero-order valence-corrected chi connectivity index (χ0v) is 53.9. The van der Waals surface area contributed by atoms with Crippen molar-refractivity contribution in [3.63, 3.8) is 0 Å². The third kappa shape index (κ3) is 66.2. The smallest absolute Gasteiger partial charge is 0.306 e. The van der Waals surface area contributed by atoms with Gasteiger partial charge in [0.25, 0.3) is 0 Å². The predicted octanol–water partition coefficient (Wildman–Crippen LogP) is 24.5. The molecular formula is C74H136O6. The first-order valence-corrected chi connectivity index (χ1v) is 35.6. The standard InChI is InChI=1S/C74H136O6/c1-4-7-10-13-16-19-22-25-28-30-31-32-33-34-35-36-37-38-39-40-41-42-43-45-46-49-52-55-58-61-64-67-73(76)79-70-71(69-78-72(75)66-63-60-57-54-51-48-27-24-21-18-15-12-9-6-3)80-74(77)68-65-62-59-56-53-50-47-44-29-26-23-20-17-14-11-8-5-2/h22,24-27,29-31,71H,4-21,23,28,32-70H2,1-3H3/b25-22-,27-24-,29-26-,31-30-. The Balaban J connectivity index is 4.17. The van der Waals surface area contributed by atoms with Crippen LogP contribution in [0.3, 0.4) is 0 Å². The molecule has 0 aromatic heterocycles. The summed E-state index contributed by atoms with van der Waals surface area (Å²) in [4.78, 5) is 38.4. The molecular weight excluding hydrogens is 985 g/mol. The van der Waals surface area contributed by atoms with Crippen LogP contribution < -0.4 is 0 Å². The highest BCUT2D eigenvalue weighted by molar-refractivity contribution is 5.71. The maximum atomic E-state index is 12.9. The molecule has 0 aliphatic carbocycles. The molecule has 0 N–H and O–H groups in total. The summed E-state index contributed by atoms with van der Waals surface area (Å²) in [7, 11) is 0. The van der Waals surface area contributed by atoms with Crippen LogP contribution in [-0.2, 0) is 28.6 Å². The predicted molar refractivity (Wildman–Crippen MR) is 349 cm³/mol. The minimum absolute atomic E-state index is 0.0732. The van der Waals surface area contributed by atoms with Gasteiger partial charge >= 0.3 is 17.9 Å². The van der Waals surface area contributed by atoms with Crippen LogP contribution in [0.5, 0.6) is 0 Å². The zero-order chi connectivity index (χ0) is 57.8. The Morgan fingerprint density at radius 2 is 0.450 bits per heavy atom. The van der Waals surface area contributed by atoms with E-state index >= 15 is 0 Å². The van der Waals surface area contributed by atoms with Crippen molar-refractivity contribution in [3.8, 4) is 0 Å². The van der Waals surface area contributed by atoms with Gasteiger partial charge in [-0.1, -0.05) is 313 Å². The third-order valence-electron chi connectivity index (χ3n) is 16.0. The second kappa shape index (κ2) is 68.9. The largest absolute Gasteiger partial charge is 0.462 e. The van der Waals surface area contributed by atoms with Gasteiger partial charge in [0.05, 0.1) is 0 Å². The third-order valence-corrected chi connectivity index (χ3v) is 16.0. The number of carbonyl (C=O) groups excluding carboxylic acids is 3. The van der Waals surface area contributed by atoms with Gasteiger partial charge in [-0.15, -0.1) is 0 Å². The Labute approximate surface area is 498 Å². The minimum atomic E-state index is -0.778. The van der Waals surface area contributed by atoms with Crippen LogP contribution in [0.2, 0.25) is 0 Å². The average Bonchev–Trinajstić information content (AvgIpc) is 3.46. The molecule has 468 valence electrons. The molecule has 0 rings (SSSR count). The first-order valence-electron chi connectivity index (χ1n) is 35.6. The number of hydrogen-bond donors (Lipinski definition) is 0. The summed E-state index contributed by atoms with van der Waals surface area (Å²) in [5.41, 5.74) is 0. The summed E-state index contributed by atoms with van der Waals surface area (Å²) in [6.45, 7) is 6.67. The Bertz CT molecular complexity index is 1380. The zero-order valence-electron chi connectivity index (χ0n) is 53.9. The van der Waals surface area contributed by atoms with E-state index in [4.69, 9.17) is 14.2 Å². The Morgan fingerprint density at radius 1 is 0.250 bits per heavy atom. The van der Waals surface area contributed by atoms with E-state index in [1.54, 1.807) is 0 Å². The lowest BCUT2D eigenvalue weighted by molar-refractivity contribution is -0.167. The number of allylic oxidation sites excluding steroid dienone is 8. The molecule has 0 heterocycles. The molecule has 0 saturated carbocycles. The van der Waals surface area contributed by atoms with Crippen LogP contribution in [0.1, 0.15) is 387 Å². The molecule has 0 radical (unpaired) electrons. The number of unbranched alkanes of at least 4 members (excludes halogenated alkanes) is 47. The van der Waals surface area contributed by atoms with Crippen LogP contribution in [0, 0.1) is 0 Å². The Hall–Kier alpha value is -2.63. The molecule has 6 heteroatoms. The molecule has 6 nitrogen and oxygen atoms in total. The van der Waals surface area contributed by atoms with Gasteiger partial charge in [-0.25, -0.2) is 0 Å². The molecule has 0 saturated heterocycles. The summed E-state index contributed by atoms with van der Waals surface area (Å²) >= 11 is 0. The van der Waals surface area contributed by atoms with Crippen LogP contribution in [0.25, 0.3) is 0 Å². The molecule has 0 aliphatic rings. The van der Waals surface area contributed by atoms with E-state index in [-0.39, 0.29) is 31.1 Å². The second-order valence-electron chi connectivity index (χ2n) is 24.1. The van der Waals surface area contributed by atoms with Crippen molar-refractivity contribution in [1.82, 2.24) is 0 Å². The van der Waals surface area contributed by atoms with Gasteiger partial charge in [0.15, 0.2) is 6.10 Å². The highest BCUT2D eigenvalue weighted by Crippen LogP contribution is 2.18. The number of ether oxygens (including phenoxy) is 3. The van der Waals surface area contributed by atoms with Gasteiger partial charge in [0, 0.05) is 19.3 Å². The van der Waals surface area contributed by atoms with Crippen molar-refractivity contribution >= 4 is 17.9 Å². The number of hydrogen-bond acceptors (Lipinski definition) is 6. The van der Waals surface area contributed by atoms with E-state index < -0.39 is 6.10 Å². The summed E-state index contributed by atoms with van der Waals surface area (Å²) in [5, 5.41) is 0. The van der Waals surface area contributed by atoms with Crippen molar-refractivity contribution in [3.05, 3.63) is 48.6 Å². The van der Waals surface area contributed by atoms with Crippen LogP contribution in [-0.4, -0.2) is 37.2 Å². The summed E-state index contributed by atoms with van der Waals surface area (Å²) in [6, 6.07) is 0. The lowest BCUT2D eigenvalue weighted by atomic mass is 10.0. The van der Waals surface area contributed by atoms with Gasteiger partial charge in [0.2, 0.25) is 0 Å². The van der Waals surface area contributed by atoms with Crippen molar-refractivity contribution in [2.75, 3.05) is 13.2 Å². The van der Waals surface area contributed by atoms with Crippen molar-refractivity contribution < 1.29 is 28.6 Å². The fourth-order valence-electron chi connectivity index (χ4n) is 10.6. The maximum Gasteiger partial charge on any atom is 0.306 e. The van der Waals surface area contributed by atoms with Gasteiger partial charge in [-0.05, 0) is 103 Å². The fraction of sp³-hybridized carbons (Fsp3) is 0.851.